The highest BCUT2D eigenvalue weighted by Gasteiger charge is 2.34. The van der Waals surface area contributed by atoms with Crippen molar-refractivity contribution < 1.29 is 4.79 Å². The molecule has 0 radical (unpaired) electrons. The van der Waals surface area contributed by atoms with E-state index in [1.165, 1.54) is 23.0 Å². The monoisotopic (exact) mass is 366 g/mol. The van der Waals surface area contributed by atoms with Crippen molar-refractivity contribution in [1.29, 1.82) is 0 Å². The summed E-state index contributed by atoms with van der Waals surface area (Å²) in [6, 6.07) is 4.12. The molecule has 1 N–H and O–H groups in total. The van der Waals surface area contributed by atoms with Gasteiger partial charge in [-0.1, -0.05) is 42.5 Å². The molecule has 1 atom stereocenters. The third-order valence-corrected chi connectivity index (χ3v) is 6.17. The molecular formula is C17H19ClN2OS2. The molecule has 122 valence electrons. The molecule has 1 aromatic rings. The van der Waals surface area contributed by atoms with Gasteiger partial charge in [0.25, 0.3) is 5.91 Å². The van der Waals surface area contributed by atoms with Gasteiger partial charge in [0, 0.05) is 23.3 Å². The Hall–Kier alpha value is -1.04. The van der Waals surface area contributed by atoms with Gasteiger partial charge in [-0.25, -0.2) is 0 Å². The van der Waals surface area contributed by atoms with E-state index in [1.54, 1.807) is 0 Å². The first-order valence-electron chi connectivity index (χ1n) is 7.51. The summed E-state index contributed by atoms with van der Waals surface area (Å²) >= 11 is 12.8. The van der Waals surface area contributed by atoms with Crippen LogP contribution in [0.25, 0.3) is 6.08 Å². The van der Waals surface area contributed by atoms with Gasteiger partial charge in [0.05, 0.1) is 4.91 Å². The fourth-order valence-corrected chi connectivity index (χ4v) is 4.53. The smallest absolute Gasteiger partial charge is 0.263 e. The van der Waals surface area contributed by atoms with Crippen molar-refractivity contribution in [1.82, 2.24) is 5.32 Å². The number of anilines is 1. The maximum atomic E-state index is 11.9. The lowest BCUT2D eigenvalue weighted by Crippen LogP contribution is -2.45. The molecule has 1 amide bonds. The molecule has 1 aromatic carbocycles. The van der Waals surface area contributed by atoms with E-state index in [-0.39, 0.29) is 11.4 Å². The van der Waals surface area contributed by atoms with Crippen LogP contribution in [0.1, 0.15) is 44.2 Å². The molecule has 3 rings (SSSR count). The van der Waals surface area contributed by atoms with Crippen molar-refractivity contribution >= 4 is 57.6 Å². The normalized spacial score (nSPS) is 24.8. The Morgan fingerprint density at radius 1 is 1.48 bits per heavy atom. The van der Waals surface area contributed by atoms with Crippen LogP contribution in [-0.2, 0) is 4.79 Å². The highest BCUT2D eigenvalue weighted by molar-refractivity contribution is 8.26. The van der Waals surface area contributed by atoms with Crippen LogP contribution >= 0.6 is 35.6 Å². The largest absolute Gasteiger partial charge is 0.369 e. The molecule has 2 aliphatic heterocycles. The molecule has 0 saturated carbocycles. The number of amides is 1. The minimum atomic E-state index is -0.153. The SMILES string of the molecule is C[C@H]1CC(C)(C)N(C)c2cc(Cl)c(/C=C3/SC(=S)NC3=O)cc21. The molecule has 23 heavy (non-hydrogen) atoms. The lowest BCUT2D eigenvalue weighted by atomic mass is 9.80. The second-order valence-corrected chi connectivity index (χ2v) is 8.89. The summed E-state index contributed by atoms with van der Waals surface area (Å²) in [4.78, 5) is 14.7. The van der Waals surface area contributed by atoms with E-state index in [9.17, 15) is 4.79 Å². The Morgan fingerprint density at radius 3 is 2.78 bits per heavy atom. The van der Waals surface area contributed by atoms with Gasteiger partial charge in [0.1, 0.15) is 4.32 Å². The number of rotatable bonds is 1. The summed E-state index contributed by atoms with van der Waals surface area (Å²) in [5.41, 5.74) is 3.41. The summed E-state index contributed by atoms with van der Waals surface area (Å²) < 4.78 is 0.491. The third-order valence-electron chi connectivity index (χ3n) is 4.68. The number of hydrogen-bond acceptors (Lipinski definition) is 4. The fourth-order valence-electron chi connectivity index (χ4n) is 3.28. The van der Waals surface area contributed by atoms with Crippen molar-refractivity contribution in [3.8, 4) is 0 Å². The van der Waals surface area contributed by atoms with Crippen molar-refractivity contribution in [2.75, 3.05) is 11.9 Å². The quantitative estimate of drug-likeness (QED) is 0.583. The summed E-state index contributed by atoms with van der Waals surface area (Å²) in [6.45, 7) is 6.73. The number of halogens is 1. The van der Waals surface area contributed by atoms with Crippen LogP contribution in [-0.4, -0.2) is 22.8 Å². The molecule has 3 nitrogen and oxygen atoms in total. The van der Waals surface area contributed by atoms with Crippen molar-refractivity contribution in [3.63, 3.8) is 0 Å². The Balaban J connectivity index is 2.06. The Bertz CT molecular complexity index is 742. The molecule has 2 aliphatic rings. The van der Waals surface area contributed by atoms with Crippen molar-refractivity contribution in [2.24, 2.45) is 0 Å². The van der Waals surface area contributed by atoms with Crippen LogP contribution in [0.5, 0.6) is 0 Å². The molecule has 0 aromatic heterocycles. The first-order valence-corrected chi connectivity index (χ1v) is 9.11. The number of nitrogens with one attached hydrogen (secondary N) is 1. The van der Waals surface area contributed by atoms with Gasteiger partial charge in [-0.05, 0) is 55.5 Å². The first kappa shape index (κ1) is 16.8. The van der Waals surface area contributed by atoms with Crippen molar-refractivity contribution in [3.05, 3.63) is 33.2 Å². The number of nitrogens with zero attached hydrogens (tertiary/aromatic N) is 1. The van der Waals surface area contributed by atoms with E-state index in [0.717, 1.165) is 12.0 Å². The van der Waals surface area contributed by atoms with Gasteiger partial charge < -0.3 is 10.2 Å². The zero-order valence-electron chi connectivity index (χ0n) is 13.6. The third kappa shape index (κ3) is 3.02. The minimum Gasteiger partial charge on any atom is -0.369 e. The molecule has 1 saturated heterocycles. The minimum absolute atomic E-state index is 0.100. The van der Waals surface area contributed by atoms with Crippen LogP contribution in [0.15, 0.2) is 17.0 Å². The number of fused-ring (bicyclic) bond motifs is 1. The molecule has 0 unspecified atom stereocenters. The highest BCUT2D eigenvalue weighted by atomic mass is 35.5. The van der Waals surface area contributed by atoms with Crippen LogP contribution in [0.4, 0.5) is 5.69 Å². The lowest BCUT2D eigenvalue weighted by Gasteiger charge is -2.45. The highest BCUT2D eigenvalue weighted by Crippen LogP contribution is 2.44. The Kier molecular flexibility index (Phi) is 4.23. The fraction of sp³-hybridized carbons (Fsp3) is 0.412. The van der Waals surface area contributed by atoms with Gasteiger partial charge in [0.2, 0.25) is 0 Å². The number of hydrogen-bond donors (Lipinski definition) is 1. The Labute approximate surface area is 151 Å². The molecular weight excluding hydrogens is 348 g/mol. The average molecular weight is 367 g/mol. The predicted molar refractivity (Wildman–Crippen MR) is 103 cm³/mol. The molecule has 6 heteroatoms. The summed E-state index contributed by atoms with van der Waals surface area (Å²) in [5, 5.41) is 3.28. The predicted octanol–water partition coefficient (Wildman–Crippen LogP) is 4.55. The van der Waals surface area contributed by atoms with Gasteiger partial charge in [-0.2, -0.15) is 0 Å². The van der Waals surface area contributed by atoms with E-state index in [0.29, 0.717) is 20.2 Å². The van der Waals surface area contributed by atoms with E-state index < -0.39 is 0 Å². The number of carbonyl (C=O) groups excluding carboxylic acids is 1. The van der Waals surface area contributed by atoms with Gasteiger partial charge in [0.15, 0.2) is 0 Å². The zero-order valence-corrected chi connectivity index (χ0v) is 16.0. The molecule has 0 bridgehead atoms. The summed E-state index contributed by atoms with van der Waals surface area (Å²) in [6.07, 6.45) is 2.90. The average Bonchev–Trinajstić information content (AvgIpc) is 2.76. The molecule has 2 heterocycles. The summed E-state index contributed by atoms with van der Waals surface area (Å²) in [5.74, 6) is 0.289. The van der Waals surface area contributed by atoms with Gasteiger partial charge >= 0.3 is 0 Å². The van der Waals surface area contributed by atoms with Gasteiger partial charge in [-0.15, -0.1) is 0 Å². The van der Waals surface area contributed by atoms with Crippen LogP contribution in [0.3, 0.4) is 0 Å². The van der Waals surface area contributed by atoms with Gasteiger partial charge in [-0.3, -0.25) is 4.79 Å². The number of carbonyl (C=O) groups is 1. The number of benzene rings is 1. The molecule has 1 fully saturated rings. The zero-order chi connectivity index (χ0) is 16.9. The van der Waals surface area contributed by atoms with E-state index >= 15 is 0 Å². The topological polar surface area (TPSA) is 32.3 Å². The number of thiocarbonyl (C=S) groups is 1. The Morgan fingerprint density at radius 2 is 2.17 bits per heavy atom. The summed E-state index contributed by atoms with van der Waals surface area (Å²) in [7, 11) is 2.11. The second-order valence-electron chi connectivity index (χ2n) is 6.76. The molecule has 0 spiro atoms. The lowest BCUT2D eigenvalue weighted by molar-refractivity contribution is -0.115. The maximum absolute atomic E-state index is 11.9. The van der Waals surface area contributed by atoms with Crippen LogP contribution in [0, 0.1) is 0 Å². The van der Waals surface area contributed by atoms with E-state index in [2.05, 4.69) is 44.1 Å². The van der Waals surface area contributed by atoms with Crippen molar-refractivity contribution in [2.45, 2.75) is 38.6 Å². The van der Waals surface area contributed by atoms with Crippen LogP contribution in [0.2, 0.25) is 5.02 Å². The first-order chi connectivity index (χ1) is 10.7. The second kappa shape index (κ2) is 5.80. The van der Waals surface area contributed by atoms with E-state index in [4.69, 9.17) is 23.8 Å². The number of thioether (sulfide) groups is 1. The molecule has 0 aliphatic carbocycles. The van der Waals surface area contributed by atoms with E-state index in [1.807, 2.05) is 12.1 Å². The van der Waals surface area contributed by atoms with Crippen LogP contribution < -0.4 is 10.2 Å². The standard InChI is InChI=1S/C17H19ClN2OS2/c1-9-8-17(2,3)20(4)13-7-12(18)10(5-11(9)13)6-14-15(21)19-16(22)23-14/h5-7,9H,8H2,1-4H3,(H,19,21,22)/b14-6+/t9-/m0/s1. The maximum Gasteiger partial charge on any atom is 0.263 e.